The number of nitrogens with zero attached hydrogens (tertiary/aromatic N) is 4. The van der Waals surface area contributed by atoms with Crippen molar-refractivity contribution in [2.75, 3.05) is 26.7 Å². The lowest BCUT2D eigenvalue weighted by atomic mass is 9.96. The normalized spacial score (nSPS) is 14.7. The Bertz CT molecular complexity index is 1100. The summed E-state index contributed by atoms with van der Waals surface area (Å²) in [6.07, 6.45) is 0.404. The monoisotopic (exact) mass is 477 g/mol. The Hall–Kier alpha value is -3.47. The van der Waals surface area contributed by atoms with Crippen LogP contribution < -0.4 is 0 Å². The second kappa shape index (κ2) is 11.1. The van der Waals surface area contributed by atoms with Gasteiger partial charge in [-0.05, 0) is 37.4 Å². The minimum atomic E-state index is -5.08. The number of H-pyrrole nitrogens is 1. The zero-order valence-electron chi connectivity index (χ0n) is 18.6. The van der Waals surface area contributed by atoms with Crippen LogP contribution in [0.5, 0.6) is 0 Å². The van der Waals surface area contributed by atoms with Crippen molar-refractivity contribution >= 4 is 22.8 Å². The number of aromatic nitrogens is 3. The number of hydrogen-bond donors (Lipinski definition) is 2. The maximum atomic E-state index is 12.8. The van der Waals surface area contributed by atoms with Crippen molar-refractivity contribution in [3.63, 3.8) is 0 Å². The molecule has 2 aromatic heterocycles. The van der Waals surface area contributed by atoms with Gasteiger partial charge in [-0.25, -0.2) is 9.78 Å². The molecular weight excluding hydrogens is 451 g/mol. The summed E-state index contributed by atoms with van der Waals surface area (Å²) in [6, 6.07) is 12.4. The van der Waals surface area contributed by atoms with E-state index in [1.165, 1.54) is 5.56 Å². The molecule has 1 aliphatic rings. The zero-order chi connectivity index (χ0) is 24.7. The summed E-state index contributed by atoms with van der Waals surface area (Å²) in [5, 5.41) is 14.9. The number of carbonyl (C=O) groups excluding carboxylic acids is 1. The average molecular weight is 477 g/mol. The van der Waals surface area contributed by atoms with Crippen molar-refractivity contribution in [3.05, 3.63) is 60.0 Å². The molecule has 1 aromatic carbocycles. The second-order valence-corrected chi connectivity index (χ2v) is 8.25. The van der Waals surface area contributed by atoms with Crippen molar-refractivity contribution < 1.29 is 27.9 Å². The third-order valence-electron chi connectivity index (χ3n) is 5.55. The highest BCUT2D eigenvalue weighted by molar-refractivity contribution is 5.95. The molecule has 1 amide bonds. The minimum absolute atomic E-state index is 0.0224. The third kappa shape index (κ3) is 7.01. The molecule has 1 saturated heterocycles. The molecule has 2 N–H and O–H groups in total. The molecule has 0 spiro atoms. The largest absolute Gasteiger partial charge is 0.490 e. The number of carbonyl (C=O) groups is 2. The number of aliphatic carboxylic acids is 1. The molecule has 3 aromatic rings. The summed E-state index contributed by atoms with van der Waals surface area (Å²) in [6.45, 7) is 3.63. The van der Waals surface area contributed by atoms with Crippen LogP contribution in [0.4, 0.5) is 13.2 Å². The topological polar surface area (TPSA) is 102 Å². The van der Waals surface area contributed by atoms with E-state index in [-0.39, 0.29) is 5.91 Å². The molecule has 0 atom stereocenters. The summed E-state index contributed by atoms with van der Waals surface area (Å²) in [5.74, 6) is -2.10. The lowest BCUT2D eigenvalue weighted by Crippen LogP contribution is -2.41. The number of hydrogen-bond acceptors (Lipinski definition) is 5. The summed E-state index contributed by atoms with van der Waals surface area (Å²) in [7, 11) is 2.18. The predicted molar refractivity (Wildman–Crippen MR) is 119 cm³/mol. The Morgan fingerprint density at radius 1 is 1.18 bits per heavy atom. The Morgan fingerprint density at radius 3 is 2.44 bits per heavy atom. The quantitative estimate of drug-likeness (QED) is 0.583. The number of likely N-dealkylation sites (tertiary alicyclic amines) is 1. The van der Waals surface area contributed by atoms with E-state index in [1.54, 1.807) is 12.4 Å². The first-order valence-corrected chi connectivity index (χ1v) is 10.7. The molecule has 1 aliphatic heterocycles. The molecule has 1 fully saturated rings. The number of alkyl halides is 3. The average Bonchev–Trinajstić information content (AvgIpc) is 3.27. The number of rotatable bonds is 5. The first-order chi connectivity index (χ1) is 16.1. The van der Waals surface area contributed by atoms with Gasteiger partial charge < -0.3 is 14.9 Å². The third-order valence-corrected chi connectivity index (χ3v) is 5.55. The maximum Gasteiger partial charge on any atom is 0.490 e. The van der Waals surface area contributed by atoms with Gasteiger partial charge in [0, 0.05) is 31.6 Å². The van der Waals surface area contributed by atoms with E-state index in [2.05, 4.69) is 57.5 Å². The number of piperidine rings is 1. The van der Waals surface area contributed by atoms with Gasteiger partial charge in [-0.15, -0.1) is 0 Å². The summed E-state index contributed by atoms with van der Waals surface area (Å²) >= 11 is 0. The van der Waals surface area contributed by atoms with Gasteiger partial charge in [-0.1, -0.05) is 30.3 Å². The van der Waals surface area contributed by atoms with Crippen molar-refractivity contribution in [3.8, 4) is 0 Å². The van der Waals surface area contributed by atoms with Crippen LogP contribution in [-0.4, -0.2) is 74.8 Å². The molecule has 0 radical (unpaired) electrons. The molecule has 0 unspecified atom stereocenters. The molecule has 182 valence electrons. The van der Waals surface area contributed by atoms with E-state index >= 15 is 0 Å². The number of carboxylic acid groups (broad SMARTS) is 1. The highest BCUT2D eigenvalue weighted by Crippen LogP contribution is 2.21. The SMILES string of the molecule is CN(Cc1ccccc1)CC1CCN(C(=O)c2cc3cn[nH]c3cn2)CC1.O=C(O)C(F)(F)F. The Balaban J connectivity index is 0.000000406. The molecule has 8 nitrogen and oxygen atoms in total. The molecule has 4 rings (SSSR count). The van der Waals surface area contributed by atoms with Gasteiger partial charge in [0.05, 0.1) is 17.9 Å². The van der Waals surface area contributed by atoms with Gasteiger partial charge in [-0.3, -0.25) is 9.89 Å². The molecule has 11 heteroatoms. The van der Waals surface area contributed by atoms with Gasteiger partial charge >= 0.3 is 12.1 Å². The number of nitrogens with one attached hydrogen (secondary N) is 1. The molecule has 34 heavy (non-hydrogen) atoms. The molecular formula is C23H26F3N5O3. The fourth-order valence-electron chi connectivity index (χ4n) is 3.84. The van der Waals surface area contributed by atoms with E-state index in [0.29, 0.717) is 11.6 Å². The van der Waals surface area contributed by atoms with E-state index < -0.39 is 12.1 Å². The maximum absolute atomic E-state index is 12.8. The van der Waals surface area contributed by atoms with Gasteiger partial charge in [0.25, 0.3) is 5.91 Å². The highest BCUT2D eigenvalue weighted by atomic mass is 19.4. The number of halogens is 3. The van der Waals surface area contributed by atoms with Crippen LogP contribution in [0.2, 0.25) is 0 Å². The van der Waals surface area contributed by atoms with E-state index in [4.69, 9.17) is 9.90 Å². The fraction of sp³-hybridized carbons (Fsp3) is 0.391. The van der Waals surface area contributed by atoms with Crippen LogP contribution in [0.3, 0.4) is 0 Å². The van der Waals surface area contributed by atoms with Crippen LogP contribution >= 0.6 is 0 Å². The van der Waals surface area contributed by atoms with Gasteiger partial charge in [-0.2, -0.15) is 18.3 Å². The zero-order valence-corrected chi connectivity index (χ0v) is 18.6. The Kier molecular flexibility index (Phi) is 8.21. The number of amides is 1. The molecule has 0 aliphatic carbocycles. The highest BCUT2D eigenvalue weighted by Gasteiger charge is 2.38. The smallest absolute Gasteiger partial charge is 0.475 e. The Labute approximate surface area is 194 Å². The van der Waals surface area contributed by atoms with E-state index in [9.17, 15) is 18.0 Å². The number of carboxylic acids is 1. The standard InChI is InChI=1S/C21H25N5O.C2HF3O2/c1-25(14-16-5-3-2-4-6-16)15-17-7-9-26(10-8-17)21(27)19-11-18-12-23-24-20(18)13-22-19;3-2(4,5)1(6)7/h2-6,11-13,17H,7-10,14-15H2,1H3,(H,23,24);(H,6,7). The van der Waals surface area contributed by atoms with Crippen LogP contribution in [0, 0.1) is 5.92 Å². The number of aromatic amines is 1. The van der Waals surface area contributed by atoms with Gasteiger partial charge in [0.15, 0.2) is 0 Å². The number of fused-ring (bicyclic) bond motifs is 1. The summed E-state index contributed by atoms with van der Waals surface area (Å²) < 4.78 is 31.7. The van der Waals surface area contributed by atoms with Crippen molar-refractivity contribution in [2.24, 2.45) is 5.92 Å². The molecule has 0 saturated carbocycles. The van der Waals surface area contributed by atoms with Crippen LogP contribution in [0.1, 0.15) is 28.9 Å². The molecule has 3 heterocycles. The minimum Gasteiger partial charge on any atom is -0.475 e. The van der Waals surface area contributed by atoms with Crippen molar-refractivity contribution in [1.82, 2.24) is 25.0 Å². The Morgan fingerprint density at radius 2 is 1.82 bits per heavy atom. The van der Waals surface area contributed by atoms with Crippen LogP contribution in [0.15, 0.2) is 48.8 Å². The number of pyridine rings is 1. The summed E-state index contributed by atoms with van der Waals surface area (Å²) in [5.41, 5.74) is 2.70. The second-order valence-electron chi connectivity index (χ2n) is 8.25. The predicted octanol–water partition coefficient (Wildman–Crippen LogP) is 3.58. The first kappa shape index (κ1) is 25.2. The summed E-state index contributed by atoms with van der Waals surface area (Å²) in [4.78, 5) is 30.3. The van der Waals surface area contributed by atoms with Crippen LogP contribution in [0.25, 0.3) is 10.9 Å². The van der Waals surface area contributed by atoms with Crippen LogP contribution in [-0.2, 0) is 11.3 Å². The fourth-order valence-corrected chi connectivity index (χ4v) is 3.84. The molecule has 0 bridgehead atoms. The lowest BCUT2D eigenvalue weighted by Gasteiger charge is -2.33. The van der Waals surface area contributed by atoms with Crippen molar-refractivity contribution in [1.29, 1.82) is 0 Å². The van der Waals surface area contributed by atoms with E-state index in [0.717, 1.165) is 49.9 Å². The lowest BCUT2D eigenvalue weighted by molar-refractivity contribution is -0.192. The van der Waals surface area contributed by atoms with E-state index in [1.807, 2.05) is 11.0 Å². The number of benzene rings is 1. The first-order valence-electron chi connectivity index (χ1n) is 10.7. The van der Waals surface area contributed by atoms with Crippen molar-refractivity contribution in [2.45, 2.75) is 25.6 Å². The van der Waals surface area contributed by atoms with Gasteiger partial charge in [0.2, 0.25) is 0 Å². The van der Waals surface area contributed by atoms with Gasteiger partial charge in [0.1, 0.15) is 5.69 Å².